The van der Waals surface area contributed by atoms with Crippen LogP contribution in [0.25, 0.3) is 0 Å². The second kappa shape index (κ2) is 6.47. The number of likely N-dealkylation sites (N-methyl/N-ethyl adjacent to an activating group) is 1. The van der Waals surface area contributed by atoms with Gasteiger partial charge in [-0.05, 0) is 0 Å². The van der Waals surface area contributed by atoms with Gasteiger partial charge in [0.05, 0.1) is 21.1 Å². The Balaban J connectivity index is 0. The lowest BCUT2D eigenvalue weighted by Crippen LogP contribution is -3.00. The molecular formula is C7H17IN2O2. The summed E-state index contributed by atoms with van der Waals surface area (Å²) in [4.78, 5) is 10.6. The first-order chi connectivity index (χ1) is 4.95. The van der Waals surface area contributed by atoms with Crippen molar-refractivity contribution in [3.05, 3.63) is 0 Å². The molecule has 12 heavy (non-hydrogen) atoms. The molecule has 0 fully saturated rings. The van der Waals surface area contributed by atoms with E-state index in [4.69, 9.17) is 4.74 Å². The molecule has 0 aromatic rings. The van der Waals surface area contributed by atoms with Crippen LogP contribution in [0.5, 0.6) is 0 Å². The summed E-state index contributed by atoms with van der Waals surface area (Å²) in [7, 11) is 7.70. The maximum atomic E-state index is 10.6. The van der Waals surface area contributed by atoms with Crippen LogP contribution < -0.4 is 29.3 Å². The van der Waals surface area contributed by atoms with E-state index in [-0.39, 0.29) is 30.1 Å². The number of quaternary nitrogens is 1. The number of rotatable bonds is 3. The average molecular weight is 288 g/mol. The highest BCUT2D eigenvalue weighted by atomic mass is 127. The fourth-order valence-electron chi connectivity index (χ4n) is 0.484. The van der Waals surface area contributed by atoms with Crippen molar-refractivity contribution in [1.29, 1.82) is 0 Å². The van der Waals surface area contributed by atoms with E-state index in [1.807, 2.05) is 21.1 Å². The van der Waals surface area contributed by atoms with E-state index in [1.54, 1.807) is 7.05 Å². The SMILES string of the molecule is CNC(=O)OCC[N+](C)(C)C.[I-]. The molecular weight excluding hydrogens is 271 g/mol. The Hall–Kier alpha value is -0.0400. The number of carbonyl (C=O) groups is 1. The van der Waals surface area contributed by atoms with Crippen LogP contribution in [0, 0.1) is 0 Å². The molecule has 0 bridgehead atoms. The van der Waals surface area contributed by atoms with Crippen LogP contribution in [0.4, 0.5) is 4.79 Å². The lowest BCUT2D eigenvalue weighted by molar-refractivity contribution is -0.870. The largest absolute Gasteiger partial charge is 1.00 e. The van der Waals surface area contributed by atoms with Gasteiger partial charge in [0.25, 0.3) is 0 Å². The summed E-state index contributed by atoms with van der Waals surface area (Å²) in [6.07, 6.45) is -0.363. The zero-order chi connectivity index (χ0) is 8.91. The maximum Gasteiger partial charge on any atom is 0.407 e. The smallest absolute Gasteiger partial charge is 0.407 e. The number of nitrogens with zero attached hydrogens (tertiary/aromatic N) is 1. The van der Waals surface area contributed by atoms with E-state index in [9.17, 15) is 4.79 Å². The molecule has 0 aliphatic heterocycles. The highest BCUT2D eigenvalue weighted by Gasteiger charge is 2.07. The molecule has 0 rings (SSSR count). The molecule has 0 heterocycles. The highest BCUT2D eigenvalue weighted by molar-refractivity contribution is 5.66. The van der Waals surface area contributed by atoms with Gasteiger partial charge in [-0.3, -0.25) is 0 Å². The number of ether oxygens (including phenoxy) is 1. The molecule has 0 aromatic heterocycles. The van der Waals surface area contributed by atoms with Crippen LogP contribution in [0.3, 0.4) is 0 Å². The first-order valence-corrected chi connectivity index (χ1v) is 3.60. The Morgan fingerprint density at radius 2 is 1.92 bits per heavy atom. The molecule has 0 saturated heterocycles. The van der Waals surface area contributed by atoms with Gasteiger partial charge in [-0.1, -0.05) is 0 Å². The van der Waals surface area contributed by atoms with Crippen LogP contribution in [-0.2, 0) is 4.74 Å². The summed E-state index contributed by atoms with van der Waals surface area (Å²) in [5.74, 6) is 0. The molecule has 4 nitrogen and oxygen atoms in total. The molecule has 5 heteroatoms. The van der Waals surface area contributed by atoms with Gasteiger partial charge in [0.1, 0.15) is 13.2 Å². The average Bonchev–Trinajstić information content (AvgIpc) is 1.85. The Bertz CT molecular complexity index is 134. The molecule has 0 aliphatic rings. The van der Waals surface area contributed by atoms with Gasteiger partial charge in [-0.15, -0.1) is 0 Å². The Morgan fingerprint density at radius 3 is 2.25 bits per heavy atom. The van der Waals surface area contributed by atoms with Crippen LogP contribution in [0.2, 0.25) is 0 Å². The van der Waals surface area contributed by atoms with E-state index in [1.165, 1.54) is 0 Å². The number of hydrogen-bond acceptors (Lipinski definition) is 2. The summed E-state index contributed by atoms with van der Waals surface area (Å²) < 4.78 is 5.60. The van der Waals surface area contributed by atoms with Crippen molar-refractivity contribution in [3.8, 4) is 0 Å². The molecule has 0 atom stereocenters. The van der Waals surface area contributed by atoms with Crippen LogP contribution >= 0.6 is 0 Å². The fraction of sp³-hybridized carbons (Fsp3) is 0.857. The van der Waals surface area contributed by atoms with E-state index in [0.29, 0.717) is 6.61 Å². The third kappa shape index (κ3) is 9.96. The van der Waals surface area contributed by atoms with Gasteiger partial charge in [0.2, 0.25) is 0 Å². The molecule has 1 amide bonds. The summed E-state index contributed by atoms with van der Waals surface area (Å²) in [5.41, 5.74) is 0. The minimum absolute atomic E-state index is 0. The van der Waals surface area contributed by atoms with Crippen molar-refractivity contribution in [2.75, 3.05) is 41.3 Å². The number of amides is 1. The van der Waals surface area contributed by atoms with E-state index in [2.05, 4.69) is 5.32 Å². The van der Waals surface area contributed by atoms with Gasteiger partial charge in [-0.2, -0.15) is 0 Å². The van der Waals surface area contributed by atoms with Crippen LogP contribution in [0.1, 0.15) is 0 Å². The zero-order valence-corrected chi connectivity index (χ0v) is 10.2. The number of hydrogen-bond donors (Lipinski definition) is 1. The van der Waals surface area contributed by atoms with Crippen LogP contribution in [-0.4, -0.2) is 51.9 Å². The summed E-state index contributed by atoms with van der Waals surface area (Å²) >= 11 is 0. The third-order valence-electron chi connectivity index (χ3n) is 1.20. The molecule has 74 valence electrons. The standard InChI is InChI=1S/C7H16N2O2.HI/c1-8-7(10)11-6-5-9(2,3)4;/h5-6H2,1-4H3;1H. The third-order valence-corrected chi connectivity index (χ3v) is 1.20. The van der Waals surface area contributed by atoms with Gasteiger partial charge < -0.3 is 38.5 Å². The molecule has 0 aromatic carbocycles. The predicted octanol–water partition coefficient (Wildman–Crippen LogP) is -2.95. The normalized spacial score (nSPS) is 10.0. The molecule has 1 N–H and O–H groups in total. The van der Waals surface area contributed by atoms with Gasteiger partial charge in [0, 0.05) is 7.05 Å². The van der Waals surface area contributed by atoms with Gasteiger partial charge in [0.15, 0.2) is 0 Å². The topological polar surface area (TPSA) is 38.3 Å². The Kier molecular flexibility index (Phi) is 7.81. The van der Waals surface area contributed by atoms with E-state index >= 15 is 0 Å². The number of alkyl carbamates (subject to hydrolysis) is 1. The summed E-state index contributed by atoms with van der Waals surface area (Å²) in [6.45, 7) is 1.29. The van der Waals surface area contributed by atoms with Crippen molar-refractivity contribution in [1.82, 2.24) is 5.32 Å². The van der Waals surface area contributed by atoms with Gasteiger partial charge >= 0.3 is 6.09 Å². The van der Waals surface area contributed by atoms with Crippen molar-refractivity contribution in [2.45, 2.75) is 0 Å². The zero-order valence-electron chi connectivity index (χ0n) is 8.06. The number of halogens is 1. The van der Waals surface area contributed by atoms with E-state index < -0.39 is 0 Å². The molecule has 0 unspecified atom stereocenters. The lowest BCUT2D eigenvalue weighted by atomic mass is 10.5. The monoisotopic (exact) mass is 288 g/mol. The first kappa shape index (κ1) is 14.5. The van der Waals surface area contributed by atoms with Crippen molar-refractivity contribution in [2.24, 2.45) is 0 Å². The fourth-order valence-corrected chi connectivity index (χ4v) is 0.484. The van der Waals surface area contributed by atoms with Crippen molar-refractivity contribution < 1.29 is 38.0 Å². The second-order valence-electron chi connectivity index (χ2n) is 3.40. The second-order valence-corrected chi connectivity index (χ2v) is 3.40. The lowest BCUT2D eigenvalue weighted by Gasteiger charge is -2.23. The number of nitrogens with one attached hydrogen (secondary N) is 1. The molecule has 0 spiro atoms. The quantitative estimate of drug-likeness (QED) is 0.445. The van der Waals surface area contributed by atoms with Gasteiger partial charge in [-0.25, -0.2) is 4.79 Å². The summed E-state index contributed by atoms with van der Waals surface area (Å²) in [6, 6.07) is 0. The molecule has 0 aliphatic carbocycles. The van der Waals surface area contributed by atoms with Crippen molar-refractivity contribution in [3.63, 3.8) is 0 Å². The Labute approximate surface area is 90.9 Å². The molecule has 0 saturated carbocycles. The number of carbonyl (C=O) groups excluding carboxylic acids is 1. The minimum Gasteiger partial charge on any atom is -1.00 e. The van der Waals surface area contributed by atoms with Crippen molar-refractivity contribution >= 4 is 6.09 Å². The maximum absolute atomic E-state index is 10.6. The minimum atomic E-state index is -0.363. The van der Waals surface area contributed by atoms with E-state index in [0.717, 1.165) is 11.0 Å². The molecule has 0 radical (unpaired) electrons. The van der Waals surface area contributed by atoms with Crippen LogP contribution in [0.15, 0.2) is 0 Å². The predicted molar refractivity (Wildman–Crippen MR) is 43.3 cm³/mol. The summed E-state index contributed by atoms with van der Waals surface area (Å²) in [5, 5.41) is 2.38. The first-order valence-electron chi connectivity index (χ1n) is 3.60. The highest BCUT2D eigenvalue weighted by Crippen LogP contribution is 1.89. The Morgan fingerprint density at radius 1 is 1.42 bits per heavy atom.